The van der Waals surface area contributed by atoms with Crippen molar-refractivity contribution < 1.29 is 4.79 Å². The summed E-state index contributed by atoms with van der Waals surface area (Å²) in [6.45, 7) is 3.53. The first-order valence-corrected chi connectivity index (χ1v) is 9.55. The van der Waals surface area contributed by atoms with Gasteiger partial charge in [0.1, 0.15) is 0 Å². The van der Waals surface area contributed by atoms with E-state index < -0.39 is 0 Å². The maximum atomic E-state index is 12.7. The van der Waals surface area contributed by atoms with Crippen molar-refractivity contribution in [3.63, 3.8) is 0 Å². The van der Waals surface area contributed by atoms with Crippen LogP contribution in [0, 0.1) is 18.3 Å². The number of benzene rings is 2. The Kier molecular flexibility index (Phi) is 4.94. The highest BCUT2D eigenvalue weighted by Gasteiger charge is 2.27. The highest BCUT2D eigenvalue weighted by Crippen LogP contribution is 2.34. The van der Waals surface area contributed by atoms with E-state index in [4.69, 9.17) is 5.26 Å². The molecule has 1 N–H and O–H groups in total. The molecule has 1 fully saturated rings. The van der Waals surface area contributed by atoms with E-state index in [2.05, 4.69) is 47.5 Å². The number of amides is 1. The van der Waals surface area contributed by atoms with Crippen LogP contribution in [-0.2, 0) is 0 Å². The average Bonchev–Trinajstić information content (AvgIpc) is 3.23. The van der Waals surface area contributed by atoms with Gasteiger partial charge in [0.2, 0.25) is 0 Å². The monoisotopic (exact) mass is 370 g/mol. The molecule has 0 unspecified atom stereocenters. The van der Waals surface area contributed by atoms with Gasteiger partial charge in [0, 0.05) is 35.8 Å². The van der Waals surface area contributed by atoms with E-state index in [1.54, 1.807) is 24.3 Å². The number of H-pyrrole nitrogens is 1. The number of likely N-dealkylation sites (tertiary alicyclic amines) is 1. The summed E-state index contributed by atoms with van der Waals surface area (Å²) in [6.07, 6.45) is 3.71. The van der Waals surface area contributed by atoms with Gasteiger partial charge in [-0.05, 0) is 49.6 Å². The van der Waals surface area contributed by atoms with Crippen LogP contribution in [0.4, 0.5) is 0 Å². The minimum Gasteiger partial charge on any atom is -0.339 e. The lowest BCUT2D eigenvalue weighted by atomic mass is 9.89. The fraction of sp³-hybridized carbons (Fsp3) is 0.261. The van der Waals surface area contributed by atoms with E-state index in [0.29, 0.717) is 17.0 Å². The zero-order valence-electron chi connectivity index (χ0n) is 15.9. The van der Waals surface area contributed by atoms with Gasteiger partial charge in [0.25, 0.3) is 5.91 Å². The number of nitrogens with one attached hydrogen (secondary N) is 1. The summed E-state index contributed by atoms with van der Waals surface area (Å²) in [6, 6.07) is 17.4. The van der Waals surface area contributed by atoms with Crippen molar-refractivity contribution in [1.29, 1.82) is 5.26 Å². The van der Waals surface area contributed by atoms with Gasteiger partial charge in [0.15, 0.2) is 0 Å². The van der Waals surface area contributed by atoms with E-state index in [1.807, 2.05) is 11.1 Å². The van der Waals surface area contributed by atoms with Crippen LogP contribution in [0.25, 0.3) is 11.1 Å². The second kappa shape index (κ2) is 7.69. The van der Waals surface area contributed by atoms with Crippen molar-refractivity contribution in [1.82, 2.24) is 15.1 Å². The molecule has 1 amide bonds. The lowest BCUT2D eigenvalue weighted by Gasteiger charge is -2.32. The molecule has 3 aromatic rings. The molecule has 0 atom stereocenters. The molecule has 1 saturated heterocycles. The van der Waals surface area contributed by atoms with Crippen LogP contribution < -0.4 is 0 Å². The lowest BCUT2D eigenvalue weighted by molar-refractivity contribution is 0.0712. The second-order valence-corrected chi connectivity index (χ2v) is 7.32. The lowest BCUT2D eigenvalue weighted by Crippen LogP contribution is -2.38. The van der Waals surface area contributed by atoms with Crippen LogP contribution in [0.15, 0.2) is 54.7 Å². The van der Waals surface area contributed by atoms with E-state index >= 15 is 0 Å². The molecule has 2 aromatic carbocycles. The topological polar surface area (TPSA) is 72.8 Å². The Morgan fingerprint density at radius 2 is 1.93 bits per heavy atom. The predicted molar refractivity (Wildman–Crippen MR) is 108 cm³/mol. The van der Waals surface area contributed by atoms with Crippen molar-refractivity contribution in [2.24, 2.45) is 0 Å². The average molecular weight is 370 g/mol. The molecule has 1 aliphatic rings. The Morgan fingerprint density at radius 3 is 2.61 bits per heavy atom. The number of carbonyl (C=O) groups excluding carboxylic acids is 1. The molecule has 0 bridgehead atoms. The molecule has 0 radical (unpaired) electrons. The molecule has 4 rings (SSSR count). The van der Waals surface area contributed by atoms with Gasteiger partial charge >= 0.3 is 0 Å². The van der Waals surface area contributed by atoms with Gasteiger partial charge in [-0.1, -0.05) is 29.8 Å². The Morgan fingerprint density at radius 1 is 1.18 bits per heavy atom. The quantitative estimate of drug-likeness (QED) is 0.748. The number of hydrogen-bond donors (Lipinski definition) is 1. The smallest absolute Gasteiger partial charge is 0.253 e. The molecule has 140 valence electrons. The number of nitriles is 1. The first kappa shape index (κ1) is 18.0. The number of aryl methyl sites for hydroxylation is 1. The zero-order valence-corrected chi connectivity index (χ0v) is 15.9. The Labute approximate surface area is 164 Å². The number of rotatable bonds is 3. The number of piperidine rings is 1. The van der Waals surface area contributed by atoms with Gasteiger partial charge in [-0.3, -0.25) is 9.89 Å². The Hall–Kier alpha value is -3.39. The maximum absolute atomic E-state index is 12.7. The Bertz CT molecular complexity index is 1020. The van der Waals surface area contributed by atoms with Crippen LogP contribution in [0.1, 0.15) is 45.9 Å². The van der Waals surface area contributed by atoms with Crippen LogP contribution in [0.5, 0.6) is 0 Å². The van der Waals surface area contributed by atoms with Gasteiger partial charge in [-0.25, -0.2) is 0 Å². The van der Waals surface area contributed by atoms with Gasteiger partial charge in [0.05, 0.1) is 17.8 Å². The molecule has 0 aliphatic carbocycles. The summed E-state index contributed by atoms with van der Waals surface area (Å²) < 4.78 is 0. The highest BCUT2D eigenvalue weighted by molar-refractivity contribution is 5.94. The zero-order chi connectivity index (χ0) is 19.5. The third-order valence-corrected chi connectivity index (χ3v) is 5.45. The molecule has 1 aliphatic heterocycles. The summed E-state index contributed by atoms with van der Waals surface area (Å²) in [4.78, 5) is 14.6. The molecular weight excluding hydrogens is 348 g/mol. The third-order valence-electron chi connectivity index (χ3n) is 5.45. The minimum atomic E-state index is 0.0338. The molecule has 0 spiro atoms. The first-order valence-electron chi connectivity index (χ1n) is 9.55. The number of carbonyl (C=O) groups is 1. The molecule has 0 saturated carbocycles. The second-order valence-electron chi connectivity index (χ2n) is 7.32. The minimum absolute atomic E-state index is 0.0338. The van der Waals surface area contributed by atoms with Crippen molar-refractivity contribution in [3.8, 4) is 17.2 Å². The molecule has 2 heterocycles. The maximum Gasteiger partial charge on any atom is 0.253 e. The summed E-state index contributed by atoms with van der Waals surface area (Å²) in [5.41, 5.74) is 5.93. The van der Waals surface area contributed by atoms with Gasteiger partial charge < -0.3 is 4.90 Å². The largest absolute Gasteiger partial charge is 0.339 e. The van der Waals surface area contributed by atoms with Crippen LogP contribution in [-0.4, -0.2) is 34.1 Å². The number of nitrogens with zero attached hydrogens (tertiary/aromatic N) is 3. The van der Waals surface area contributed by atoms with E-state index in [1.165, 1.54) is 11.1 Å². The predicted octanol–water partition coefficient (Wildman–Crippen LogP) is 4.28. The summed E-state index contributed by atoms with van der Waals surface area (Å²) in [5, 5.41) is 16.4. The van der Waals surface area contributed by atoms with Crippen molar-refractivity contribution in [2.45, 2.75) is 25.7 Å². The number of aromatic amines is 1. The fourth-order valence-electron chi connectivity index (χ4n) is 3.89. The van der Waals surface area contributed by atoms with Crippen molar-refractivity contribution in [3.05, 3.63) is 77.1 Å². The van der Waals surface area contributed by atoms with Crippen LogP contribution in [0.2, 0.25) is 0 Å². The third kappa shape index (κ3) is 3.54. The van der Waals surface area contributed by atoms with E-state index in [-0.39, 0.29) is 5.91 Å². The van der Waals surface area contributed by atoms with Crippen molar-refractivity contribution >= 4 is 5.91 Å². The molecular formula is C23H22N4O. The number of aromatic nitrogens is 2. The molecule has 1 aromatic heterocycles. The van der Waals surface area contributed by atoms with E-state index in [0.717, 1.165) is 37.2 Å². The van der Waals surface area contributed by atoms with E-state index in [9.17, 15) is 4.79 Å². The summed E-state index contributed by atoms with van der Waals surface area (Å²) in [7, 11) is 0. The standard InChI is InChI=1S/C23H22N4O/c1-16-3-2-4-20(13-16)21-15-25-26-22(21)18-9-11-27(12-10-18)23(28)19-7-5-17(14-24)6-8-19/h2-8,13,15,18H,9-12H2,1H3,(H,25,26). The van der Waals surface area contributed by atoms with Crippen LogP contribution in [0.3, 0.4) is 0 Å². The van der Waals surface area contributed by atoms with Crippen molar-refractivity contribution in [2.75, 3.05) is 13.1 Å². The molecule has 5 nitrogen and oxygen atoms in total. The molecule has 5 heteroatoms. The SMILES string of the molecule is Cc1cccc(-c2cn[nH]c2C2CCN(C(=O)c3ccc(C#N)cc3)CC2)c1. The highest BCUT2D eigenvalue weighted by atomic mass is 16.2. The number of hydrogen-bond acceptors (Lipinski definition) is 3. The Balaban J connectivity index is 1.46. The fourth-order valence-corrected chi connectivity index (χ4v) is 3.89. The molecule has 28 heavy (non-hydrogen) atoms. The van der Waals surface area contributed by atoms with Crippen LogP contribution >= 0.6 is 0 Å². The summed E-state index contributed by atoms with van der Waals surface area (Å²) >= 11 is 0. The first-order chi connectivity index (χ1) is 13.7. The van der Waals surface area contributed by atoms with Gasteiger partial charge in [-0.15, -0.1) is 0 Å². The normalized spacial score (nSPS) is 14.6. The van der Waals surface area contributed by atoms with Gasteiger partial charge in [-0.2, -0.15) is 10.4 Å². The summed E-state index contributed by atoms with van der Waals surface area (Å²) in [5.74, 6) is 0.398.